The van der Waals surface area contributed by atoms with Crippen LogP contribution in [0.5, 0.6) is 0 Å². The highest BCUT2D eigenvalue weighted by Gasteiger charge is 2.38. The van der Waals surface area contributed by atoms with Gasteiger partial charge in [-0.3, -0.25) is 0 Å². The third-order valence-electron chi connectivity index (χ3n) is 6.17. The minimum absolute atomic E-state index is 0.0676. The molecule has 0 radical (unpaired) electrons. The fourth-order valence-electron chi connectivity index (χ4n) is 4.16. The van der Waals surface area contributed by atoms with Gasteiger partial charge < -0.3 is 14.5 Å². The molecule has 1 N–H and O–H groups in total. The van der Waals surface area contributed by atoms with Crippen molar-refractivity contribution >= 4 is 20.9 Å². The number of hydrogen-bond acceptors (Lipinski definition) is 5. The van der Waals surface area contributed by atoms with E-state index in [1.165, 1.54) is 0 Å². The molecule has 0 amide bonds. The van der Waals surface area contributed by atoms with Gasteiger partial charge in [0, 0.05) is 24.8 Å². The third-order valence-corrected chi connectivity index (χ3v) is 8.45. The average molecular weight is 427 g/mol. The number of fused-ring (bicyclic) bond motifs is 1. The van der Waals surface area contributed by atoms with Crippen LogP contribution in [0, 0.1) is 0 Å². The molecule has 1 aromatic carbocycles. The Hall–Kier alpha value is -2.22. The Bertz CT molecular complexity index is 1110. The van der Waals surface area contributed by atoms with E-state index in [4.69, 9.17) is 9.47 Å². The molecule has 30 heavy (non-hydrogen) atoms. The molecule has 0 spiro atoms. The van der Waals surface area contributed by atoms with Crippen molar-refractivity contribution in [3.05, 3.63) is 59.9 Å². The number of hydrogen-bond donors (Lipinski definition) is 1. The summed E-state index contributed by atoms with van der Waals surface area (Å²) in [6.07, 6.45) is 5.02. The van der Waals surface area contributed by atoms with Crippen LogP contribution < -0.4 is 0 Å². The zero-order chi connectivity index (χ0) is 20.8. The molecular weight excluding hydrogens is 400 g/mol. The number of pyridine rings is 1. The van der Waals surface area contributed by atoms with Gasteiger partial charge in [0.25, 0.3) is 0 Å². The summed E-state index contributed by atoms with van der Waals surface area (Å²) in [5.74, 6) is 0. The summed E-state index contributed by atoms with van der Waals surface area (Å²) in [6.45, 7) is 3.42. The highest BCUT2D eigenvalue weighted by molar-refractivity contribution is 7.92. The molecule has 3 heterocycles. The molecule has 1 unspecified atom stereocenters. The van der Waals surface area contributed by atoms with E-state index in [-0.39, 0.29) is 11.4 Å². The normalized spacial score (nSPS) is 20.3. The second-order valence-corrected chi connectivity index (χ2v) is 10.6. The summed E-state index contributed by atoms with van der Waals surface area (Å²) in [7, 11) is -3.22. The van der Waals surface area contributed by atoms with Crippen molar-refractivity contribution in [3.8, 4) is 0 Å². The molecule has 2 fully saturated rings. The van der Waals surface area contributed by atoms with Crippen LogP contribution >= 0.6 is 0 Å². The fourth-order valence-corrected chi connectivity index (χ4v) is 5.82. The molecule has 3 aromatic rings. The molecule has 1 aliphatic heterocycles. The van der Waals surface area contributed by atoms with Crippen LogP contribution in [0.3, 0.4) is 0 Å². The molecule has 1 saturated carbocycles. The highest BCUT2D eigenvalue weighted by Crippen LogP contribution is 2.39. The molecule has 1 aliphatic carbocycles. The maximum Gasteiger partial charge on any atom is 0.181 e. The van der Waals surface area contributed by atoms with E-state index in [9.17, 15) is 8.42 Å². The summed E-state index contributed by atoms with van der Waals surface area (Å²) in [5.41, 5.74) is 1.86. The molecule has 7 heteroatoms. The topological polar surface area (TPSA) is 81.3 Å². The predicted molar refractivity (Wildman–Crippen MR) is 114 cm³/mol. The SMILES string of the molecule is CC(OC1CCOCC1)(c1ccc(S(=O)(=O)C2CC2)cc1)c1cc2cccnc2[nH]1. The summed E-state index contributed by atoms with van der Waals surface area (Å²) in [5, 5.41) is 0.801. The number of rotatable bonds is 6. The highest BCUT2D eigenvalue weighted by atomic mass is 32.2. The van der Waals surface area contributed by atoms with Gasteiger partial charge >= 0.3 is 0 Å². The number of benzene rings is 1. The first kappa shape index (κ1) is 19.7. The number of H-pyrrole nitrogens is 1. The molecule has 1 atom stereocenters. The number of ether oxygens (including phenoxy) is 2. The minimum atomic E-state index is -3.22. The van der Waals surface area contributed by atoms with E-state index in [0.29, 0.717) is 18.1 Å². The first-order valence-corrected chi connectivity index (χ1v) is 12.1. The van der Waals surface area contributed by atoms with Crippen molar-refractivity contribution < 1.29 is 17.9 Å². The van der Waals surface area contributed by atoms with Crippen LogP contribution in [0.25, 0.3) is 11.0 Å². The maximum absolute atomic E-state index is 12.6. The van der Waals surface area contributed by atoms with Gasteiger partial charge in [-0.1, -0.05) is 12.1 Å². The van der Waals surface area contributed by atoms with Crippen LogP contribution in [0.4, 0.5) is 0 Å². The zero-order valence-corrected chi connectivity index (χ0v) is 17.8. The van der Waals surface area contributed by atoms with Crippen molar-refractivity contribution in [2.24, 2.45) is 0 Å². The Labute approximate surface area is 176 Å². The van der Waals surface area contributed by atoms with E-state index in [1.807, 2.05) is 31.2 Å². The second-order valence-electron chi connectivity index (χ2n) is 8.36. The van der Waals surface area contributed by atoms with Gasteiger partial charge in [-0.2, -0.15) is 0 Å². The Balaban J connectivity index is 1.54. The van der Waals surface area contributed by atoms with Crippen molar-refractivity contribution in [1.29, 1.82) is 0 Å². The molecular formula is C23H26N2O4S. The average Bonchev–Trinajstić information content (AvgIpc) is 3.54. The van der Waals surface area contributed by atoms with E-state index >= 15 is 0 Å². The van der Waals surface area contributed by atoms with E-state index < -0.39 is 15.4 Å². The van der Waals surface area contributed by atoms with Crippen LogP contribution in [-0.4, -0.2) is 43.0 Å². The predicted octanol–water partition coefficient (Wildman–Crippen LogP) is 3.96. The first-order chi connectivity index (χ1) is 14.5. The summed E-state index contributed by atoms with van der Waals surface area (Å²) >= 11 is 0. The van der Waals surface area contributed by atoms with Crippen LogP contribution in [0.2, 0.25) is 0 Å². The van der Waals surface area contributed by atoms with Crippen molar-refractivity contribution in [2.45, 2.75) is 54.5 Å². The Morgan fingerprint density at radius 1 is 1.10 bits per heavy atom. The number of nitrogens with zero attached hydrogens (tertiary/aromatic N) is 1. The largest absolute Gasteiger partial charge is 0.381 e. The lowest BCUT2D eigenvalue weighted by molar-refractivity contribution is -0.104. The number of nitrogens with one attached hydrogen (secondary N) is 1. The standard InChI is InChI=1S/C23H26N2O4S/c1-23(29-18-10-13-28-14-11-18,21-15-16-3-2-12-24-22(16)25-21)17-4-6-19(7-5-17)30(26,27)20-8-9-20/h2-7,12,15,18,20H,8-11,13-14H2,1H3,(H,24,25). The van der Waals surface area contributed by atoms with Gasteiger partial charge in [-0.15, -0.1) is 0 Å². The van der Waals surface area contributed by atoms with Crippen molar-refractivity contribution in [3.63, 3.8) is 0 Å². The summed E-state index contributed by atoms with van der Waals surface area (Å²) in [4.78, 5) is 8.22. The number of sulfone groups is 1. The third kappa shape index (κ3) is 3.55. The molecule has 2 aliphatic rings. The molecule has 158 valence electrons. The summed E-state index contributed by atoms with van der Waals surface area (Å²) < 4.78 is 37.4. The van der Waals surface area contributed by atoms with Gasteiger partial charge in [0.15, 0.2) is 9.84 Å². The molecule has 2 aromatic heterocycles. The molecule has 0 bridgehead atoms. The van der Waals surface area contributed by atoms with Gasteiger partial charge in [0.05, 0.1) is 21.9 Å². The fraction of sp³-hybridized carbons (Fsp3) is 0.435. The number of aromatic amines is 1. The first-order valence-electron chi connectivity index (χ1n) is 10.5. The van der Waals surface area contributed by atoms with Crippen molar-refractivity contribution in [1.82, 2.24) is 9.97 Å². The number of aromatic nitrogens is 2. The van der Waals surface area contributed by atoms with Gasteiger partial charge in [0.2, 0.25) is 0 Å². The summed E-state index contributed by atoms with van der Waals surface area (Å²) in [6, 6.07) is 13.2. The smallest absolute Gasteiger partial charge is 0.181 e. The van der Waals surface area contributed by atoms with E-state index in [0.717, 1.165) is 48.0 Å². The Morgan fingerprint density at radius 3 is 2.50 bits per heavy atom. The lowest BCUT2D eigenvalue weighted by Crippen LogP contribution is -2.36. The lowest BCUT2D eigenvalue weighted by atomic mass is 9.91. The minimum Gasteiger partial charge on any atom is -0.381 e. The maximum atomic E-state index is 12.6. The molecule has 6 nitrogen and oxygen atoms in total. The van der Waals surface area contributed by atoms with E-state index in [2.05, 4.69) is 16.0 Å². The second kappa shape index (κ2) is 7.48. The van der Waals surface area contributed by atoms with Gasteiger partial charge in [-0.25, -0.2) is 13.4 Å². The van der Waals surface area contributed by atoms with Crippen molar-refractivity contribution in [2.75, 3.05) is 13.2 Å². The lowest BCUT2D eigenvalue weighted by Gasteiger charge is -2.35. The quantitative estimate of drug-likeness (QED) is 0.645. The molecule has 5 rings (SSSR count). The van der Waals surface area contributed by atoms with Gasteiger partial charge in [0.1, 0.15) is 11.2 Å². The van der Waals surface area contributed by atoms with Crippen LogP contribution in [0.1, 0.15) is 43.9 Å². The Morgan fingerprint density at radius 2 is 1.83 bits per heavy atom. The van der Waals surface area contributed by atoms with Crippen LogP contribution in [0.15, 0.2) is 53.6 Å². The van der Waals surface area contributed by atoms with Gasteiger partial charge in [-0.05, 0) is 68.5 Å². The van der Waals surface area contributed by atoms with E-state index in [1.54, 1.807) is 18.3 Å². The molecule has 1 saturated heterocycles. The van der Waals surface area contributed by atoms with Crippen LogP contribution in [-0.2, 0) is 24.9 Å². The zero-order valence-electron chi connectivity index (χ0n) is 17.0. The monoisotopic (exact) mass is 426 g/mol. The Kier molecular flexibility index (Phi) is 4.92.